The van der Waals surface area contributed by atoms with Crippen molar-refractivity contribution in [1.82, 2.24) is 5.32 Å². The topological polar surface area (TPSA) is 29.1 Å². The Labute approximate surface area is 80.7 Å². The second-order valence-corrected chi connectivity index (χ2v) is 3.09. The molecule has 2 nitrogen and oxygen atoms in total. The van der Waals surface area contributed by atoms with Crippen LogP contribution in [0.25, 0.3) is 0 Å². The van der Waals surface area contributed by atoms with Crippen LogP contribution in [0.15, 0.2) is 23.4 Å². The summed E-state index contributed by atoms with van der Waals surface area (Å²) in [5.41, 5.74) is 2.29. The van der Waals surface area contributed by atoms with Crippen LogP contribution in [0.4, 0.5) is 0 Å². The zero-order valence-corrected chi connectivity index (χ0v) is 8.98. The van der Waals surface area contributed by atoms with Gasteiger partial charge in [-0.2, -0.15) is 0 Å². The maximum Gasteiger partial charge on any atom is 0.220 e. The average molecular weight is 181 g/mol. The van der Waals surface area contributed by atoms with E-state index in [0.717, 1.165) is 18.5 Å². The molecule has 0 saturated carbocycles. The number of amides is 1. The number of hydrogen-bond acceptors (Lipinski definition) is 1. The van der Waals surface area contributed by atoms with Crippen molar-refractivity contribution in [3.63, 3.8) is 0 Å². The third-order valence-corrected chi connectivity index (χ3v) is 1.84. The van der Waals surface area contributed by atoms with Crippen LogP contribution in [-0.4, -0.2) is 5.91 Å². The van der Waals surface area contributed by atoms with E-state index in [1.807, 2.05) is 13.0 Å². The van der Waals surface area contributed by atoms with Crippen molar-refractivity contribution in [3.8, 4) is 0 Å². The van der Waals surface area contributed by atoms with Crippen LogP contribution >= 0.6 is 0 Å². The van der Waals surface area contributed by atoms with Crippen LogP contribution in [-0.2, 0) is 4.79 Å². The minimum absolute atomic E-state index is 0.00403. The maximum absolute atomic E-state index is 10.8. The van der Waals surface area contributed by atoms with E-state index in [2.05, 4.69) is 25.2 Å². The van der Waals surface area contributed by atoms with Crippen molar-refractivity contribution < 1.29 is 4.79 Å². The summed E-state index contributed by atoms with van der Waals surface area (Å²) in [5, 5.41) is 2.79. The van der Waals surface area contributed by atoms with E-state index in [1.165, 1.54) is 12.5 Å². The second kappa shape index (κ2) is 6.46. The molecule has 0 atom stereocenters. The van der Waals surface area contributed by atoms with Gasteiger partial charge in [0, 0.05) is 12.6 Å². The van der Waals surface area contributed by atoms with E-state index in [0.29, 0.717) is 0 Å². The van der Waals surface area contributed by atoms with Crippen molar-refractivity contribution in [1.29, 1.82) is 0 Å². The van der Waals surface area contributed by atoms with Crippen LogP contribution in [0.3, 0.4) is 0 Å². The Kier molecular flexibility index (Phi) is 5.94. The van der Waals surface area contributed by atoms with Crippen LogP contribution in [0.5, 0.6) is 0 Å². The normalized spacial score (nSPS) is 12.9. The van der Waals surface area contributed by atoms with Gasteiger partial charge in [-0.25, -0.2) is 0 Å². The molecular weight excluding hydrogens is 162 g/mol. The van der Waals surface area contributed by atoms with Gasteiger partial charge in [-0.15, -0.1) is 0 Å². The molecule has 0 aromatic rings. The Morgan fingerprint density at radius 2 is 1.77 bits per heavy atom. The maximum atomic E-state index is 10.8. The molecule has 0 aliphatic carbocycles. The van der Waals surface area contributed by atoms with Crippen molar-refractivity contribution in [2.75, 3.05) is 0 Å². The van der Waals surface area contributed by atoms with Gasteiger partial charge < -0.3 is 5.32 Å². The predicted molar refractivity (Wildman–Crippen MR) is 56.2 cm³/mol. The Morgan fingerprint density at radius 1 is 1.15 bits per heavy atom. The molecule has 0 unspecified atom stereocenters. The summed E-state index contributed by atoms with van der Waals surface area (Å²) in [6, 6.07) is 0. The number of hydrogen-bond donors (Lipinski definition) is 1. The first-order valence-corrected chi connectivity index (χ1v) is 4.74. The molecule has 13 heavy (non-hydrogen) atoms. The predicted octanol–water partition coefficient (Wildman–Crippen LogP) is 2.77. The van der Waals surface area contributed by atoms with Gasteiger partial charge in [0.05, 0.1) is 0 Å². The summed E-state index contributed by atoms with van der Waals surface area (Å²) in [5.74, 6) is -0.00403. The third kappa shape index (κ3) is 6.14. The molecule has 74 valence electrons. The monoisotopic (exact) mass is 181 g/mol. The Hall–Kier alpha value is -1.05. The van der Waals surface area contributed by atoms with Crippen molar-refractivity contribution in [2.45, 2.75) is 40.5 Å². The smallest absolute Gasteiger partial charge is 0.220 e. The highest BCUT2D eigenvalue weighted by Gasteiger charge is 1.94. The number of nitrogens with one attached hydrogen (secondary N) is 1. The molecule has 0 radical (unpaired) electrons. The lowest BCUT2D eigenvalue weighted by atomic mass is 10.2. The number of allylic oxidation sites excluding steroid dienone is 4. The van der Waals surface area contributed by atoms with Gasteiger partial charge >= 0.3 is 0 Å². The molecule has 2 heteroatoms. The summed E-state index contributed by atoms with van der Waals surface area (Å²) in [6.07, 6.45) is 5.93. The fourth-order valence-electron chi connectivity index (χ4n) is 0.835. The molecule has 1 amide bonds. The molecule has 0 heterocycles. The van der Waals surface area contributed by atoms with Gasteiger partial charge in [0.2, 0.25) is 5.91 Å². The largest absolute Gasteiger partial charge is 0.330 e. The van der Waals surface area contributed by atoms with Crippen molar-refractivity contribution >= 4 is 5.91 Å². The van der Waals surface area contributed by atoms with Crippen LogP contribution in [0.1, 0.15) is 40.5 Å². The van der Waals surface area contributed by atoms with Gasteiger partial charge in [0.15, 0.2) is 0 Å². The lowest BCUT2D eigenvalue weighted by Gasteiger charge is -2.03. The van der Waals surface area contributed by atoms with E-state index in [9.17, 15) is 4.79 Å². The van der Waals surface area contributed by atoms with Crippen molar-refractivity contribution in [2.24, 2.45) is 0 Å². The van der Waals surface area contributed by atoms with Gasteiger partial charge in [0.25, 0.3) is 0 Å². The minimum atomic E-state index is -0.00403. The molecule has 1 N–H and O–H groups in total. The van der Waals surface area contributed by atoms with E-state index < -0.39 is 0 Å². The van der Waals surface area contributed by atoms with E-state index >= 15 is 0 Å². The highest BCUT2D eigenvalue weighted by atomic mass is 16.1. The highest BCUT2D eigenvalue weighted by Crippen LogP contribution is 2.02. The first kappa shape index (κ1) is 11.9. The first-order valence-electron chi connectivity index (χ1n) is 4.74. The van der Waals surface area contributed by atoms with Gasteiger partial charge in [-0.05, 0) is 25.8 Å². The van der Waals surface area contributed by atoms with Crippen LogP contribution in [0.2, 0.25) is 0 Å². The van der Waals surface area contributed by atoms with E-state index in [-0.39, 0.29) is 5.91 Å². The summed E-state index contributed by atoms with van der Waals surface area (Å²) in [4.78, 5) is 10.8. The summed E-state index contributed by atoms with van der Waals surface area (Å²) < 4.78 is 0. The lowest BCUT2D eigenvalue weighted by Crippen LogP contribution is -2.18. The standard InChI is InChI=1S/C11H19NO/c1-5-9(3)7-8-11(6-2)12-10(4)13/h7-8H,5-6H2,1-4H3,(H,12,13)/b9-7-,11-8+. The molecule has 0 saturated heterocycles. The quantitative estimate of drug-likeness (QED) is 0.664. The van der Waals surface area contributed by atoms with Crippen LogP contribution in [0, 0.1) is 0 Å². The highest BCUT2D eigenvalue weighted by molar-refractivity contribution is 5.74. The van der Waals surface area contributed by atoms with Crippen molar-refractivity contribution in [3.05, 3.63) is 23.4 Å². The zero-order valence-electron chi connectivity index (χ0n) is 8.98. The molecule has 0 aromatic heterocycles. The average Bonchev–Trinajstić information content (AvgIpc) is 2.10. The van der Waals surface area contributed by atoms with E-state index in [4.69, 9.17) is 0 Å². The molecule has 0 aliphatic rings. The third-order valence-electron chi connectivity index (χ3n) is 1.84. The number of rotatable bonds is 4. The Balaban J connectivity index is 4.30. The van der Waals surface area contributed by atoms with Gasteiger partial charge in [0.1, 0.15) is 0 Å². The lowest BCUT2D eigenvalue weighted by molar-refractivity contribution is -0.118. The Bertz CT molecular complexity index is 226. The van der Waals surface area contributed by atoms with Gasteiger partial charge in [-0.1, -0.05) is 25.5 Å². The minimum Gasteiger partial charge on any atom is -0.330 e. The molecule has 0 rings (SSSR count). The van der Waals surface area contributed by atoms with Crippen LogP contribution < -0.4 is 5.32 Å². The summed E-state index contributed by atoms with van der Waals surface area (Å²) >= 11 is 0. The molecule has 0 bridgehead atoms. The number of carbonyl (C=O) groups excluding carboxylic acids is 1. The second-order valence-electron chi connectivity index (χ2n) is 3.09. The number of carbonyl (C=O) groups is 1. The molecular formula is C11H19NO. The zero-order chi connectivity index (χ0) is 10.3. The van der Waals surface area contributed by atoms with E-state index in [1.54, 1.807) is 0 Å². The summed E-state index contributed by atoms with van der Waals surface area (Å²) in [6.45, 7) is 7.75. The molecule has 0 aromatic carbocycles. The molecule has 0 spiro atoms. The SMILES string of the molecule is CC/C(C)=C\C=C(/CC)NC(C)=O. The molecule has 0 aliphatic heterocycles. The Morgan fingerprint density at radius 3 is 2.15 bits per heavy atom. The fourth-order valence-corrected chi connectivity index (χ4v) is 0.835. The fraction of sp³-hybridized carbons (Fsp3) is 0.545. The molecule has 0 fully saturated rings. The first-order chi connectivity index (χ1) is 6.10. The summed E-state index contributed by atoms with van der Waals surface area (Å²) in [7, 11) is 0. The van der Waals surface area contributed by atoms with Gasteiger partial charge in [-0.3, -0.25) is 4.79 Å².